The second kappa shape index (κ2) is 10.9. The lowest BCUT2D eigenvalue weighted by Crippen LogP contribution is -2.41. The molecule has 0 radical (unpaired) electrons. The monoisotopic (exact) mass is 480 g/mol. The van der Waals surface area contributed by atoms with Crippen molar-refractivity contribution in [3.05, 3.63) is 18.0 Å². The molecule has 1 atom stereocenters. The molecule has 25 heavy (non-hydrogen) atoms. The number of rotatable bonds is 6. The molecule has 0 spiro atoms. The minimum absolute atomic E-state index is 0. The van der Waals surface area contributed by atoms with Crippen LogP contribution in [-0.2, 0) is 11.8 Å². The van der Waals surface area contributed by atoms with Crippen LogP contribution in [0, 0.1) is 0 Å². The van der Waals surface area contributed by atoms with Crippen molar-refractivity contribution in [2.24, 2.45) is 12.0 Å². The van der Waals surface area contributed by atoms with E-state index in [4.69, 9.17) is 0 Å². The van der Waals surface area contributed by atoms with Gasteiger partial charge in [-0.3, -0.25) is 9.48 Å². The summed E-state index contributed by atoms with van der Waals surface area (Å²) < 4.78 is 1.85. The molecule has 2 rings (SSSR count). The highest BCUT2D eigenvalue weighted by Gasteiger charge is 2.27. The molecular formula is C16H29IN6OS. The molecule has 1 unspecified atom stereocenters. The minimum atomic E-state index is 0. The maximum Gasteiger partial charge on any atom is 0.243 e. The van der Waals surface area contributed by atoms with Gasteiger partial charge in [0.15, 0.2) is 5.96 Å². The van der Waals surface area contributed by atoms with E-state index >= 15 is 0 Å². The molecule has 9 heteroatoms. The van der Waals surface area contributed by atoms with E-state index in [0.29, 0.717) is 5.92 Å². The van der Waals surface area contributed by atoms with Crippen molar-refractivity contribution >= 4 is 47.6 Å². The van der Waals surface area contributed by atoms with Crippen LogP contribution >= 0.6 is 35.7 Å². The third kappa shape index (κ3) is 6.69. The molecule has 1 aliphatic rings. The number of thioether (sulfide) groups is 1. The molecule has 0 aromatic carbocycles. The number of aromatic nitrogens is 2. The molecule has 0 bridgehead atoms. The lowest BCUT2D eigenvalue weighted by atomic mass is 10.0. The zero-order valence-electron chi connectivity index (χ0n) is 15.4. The van der Waals surface area contributed by atoms with Crippen molar-refractivity contribution in [3.63, 3.8) is 0 Å². The number of aliphatic imine (C=N–C) groups is 1. The van der Waals surface area contributed by atoms with Gasteiger partial charge in [0.1, 0.15) is 6.54 Å². The molecule has 1 aromatic heterocycles. The number of aryl methyl sites for hydroxylation is 1. The predicted octanol–water partition coefficient (Wildman–Crippen LogP) is 1.22. The number of carbonyl (C=O) groups excluding carboxylic acids is 1. The van der Waals surface area contributed by atoms with E-state index < -0.39 is 0 Å². The Bertz CT molecular complexity index is 577. The highest BCUT2D eigenvalue weighted by atomic mass is 127. The van der Waals surface area contributed by atoms with Crippen LogP contribution in [-0.4, -0.2) is 83.7 Å². The number of halogens is 1. The van der Waals surface area contributed by atoms with Crippen LogP contribution in [0.1, 0.15) is 17.9 Å². The Morgan fingerprint density at radius 1 is 1.52 bits per heavy atom. The average molecular weight is 480 g/mol. The van der Waals surface area contributed by atoms with E-state index in [2.05, 4.69) is 32.8 Å². The van der Waals surface area contributed by atoms with E-state index in [1.54, 1.807) is 30.8 Å². The summed E-state index contributed by atoms with van der Waals surface area (Å²) in [5, 5.41) is 7.67. The summed E-state index contributed by atoms with van der Waals surface area (Å²) in [6.07, 6.45) is 7.20. The summed E-state index contributed by atoms with van der Waals surface area (Å²) in [6.45, 7) is 2.89. The second-order valence-corrected chi connectivity index (χ2v) is 7.21. The highest BCUT2D eigenvalue weighted by Crippen LogP contribution is 2.26. The van der Waals surface area contributed by atoms with Crippen LogP contribution in [0.25, 0.3) is 0 Å². The zero-order valence-corrected chi connectivity index (χ0v) is 18.6. The Morgan fingerprint density at radius 2 is 2.28 bits per heavy atom. The number of hydrogen-bond acceptors (Lipinski definition) is 4. The predicted molar refractivity (Wildman–Crippen MR) is 115 cm³/mol. The third-order valence-corrected chi connectivity index (χ3v) is 4.75. The molecule has 1 N–H and O–H groups in total. The first kappa shape index (κ1) is 22.1. The molecule has 0 saturated carbocycles. The normalized spacial score (nSPS) is 17.4. The number of guanidine groups is 1. The molecule has 1 aliphatic heterocycles. The van der Waals surface area contributed by atoms with Crippen LogP contribution in [0.5, 0.6) is 0 Å². The number of hydrogen-bond donors (Lipinski definition) is 1. The van der Waals surface area contributed by atoms with Crippen molar-refractivity contribution < 1.29 is 4.79 Å². The fourth-order valence-electron chi connectivity index (χ4n) is 2.69. The molecule has 142 valence electrons. The molecule has 1 amide bonds. The van der Waals surface area contributed by atoms with Crippen LogP contribution in [0.2, 0.25) is 0 Å². The number of likely N-dealkylation sites (N-methyl/N-ethyl adjacent to an activating group) is 1. The Hall–Kier alpha value is -0.970. The minimum Gasteiger partial charge on any atom is -0.355 e. The van der Waals surface area contributed by atoms with Gasteiger partial charge in [-0.15, -0.1) is 24.0 Å². The van der Waals surface area contributed by atoms with Crippen molar-refractivity contribution in [2.45, 2.75) is 12.3 Å². The van der Waals surface area contributed by atoms with Gasteiger partial charge < -0.3 is 15.1 Å². The Labute approximate surface area is 171 Å². The first-order valence-corrected chi connectivity index (χ1v) is 9.61. The van der Waals surface area contributed by atoms with Gasteiger partial charge in [-0.25, -0.2) is 4.99 Å². The summed E-state index contributed by atoms with van der Waals surface area (Å²) in [5.74, 6) is 2.34. The van der Waals surface area contributed by atoms with Gasteiger partial charge in [0.05, 0.1) is 6.20 Å². The van der Waals surface area contributed by atoms with Crippen molar-refractivity contribution in [1.29, 1.82) is 0 Å². The molecular weight excluding hydrogens is 451 g/mol. The van der Waals surface area contributed by atoms with Crippen molar-refractivity contribution in [2.75, 3.05) is 52.3 Å². The standard InChI is InChI=1S/C16H28N6OS.HI/c1-20(2)15(23)10-18-16(17-6-8-24-4)22-7-5-13(12-22)14-9-19-21(3)11-14;/h9,11,13H,5-8,10,12H2,1-4H3,(H,17,18);1H. The van der Waals surface area contributed by atoms with Crippen LogP contribution in [0.4, 0.5) is 0 Å². The third-order valence-electron chi connectivity index (χ3n) is 4.14. The van der Waals surface area contributed by atoms with E-state index in [1.165, 1.54) is 5.56 Å². The fraction of sp³-hybridized carbons (Fsp3) is 0.688. The van der Waals surface area contributed by atoms with Gasteiger partial charge >= 0.3 is 0 Å². The zero-order chi connectivity index (χ0) is 17.5. The Balaban J connectivity index is 0.00000312. The summed E-state index contributed by atoms with van der Waals surface area (Å²) >= 11 is 1.79. The number of nitrogens with zero attached hydrogens (tertiary/aromatic N) is 5. The number of amides is 1. The van der Waals surface area contributed by atoms with Gasteiger partial charge in [0, 0.05) is 58.6 Å². The SMILES string of the molecule is CSCCNC(=NCC(=O)N(C)C)N1CCC(c2cnn(C)c2)C1.I. The fourth-order valence-corrected chi connectivity index (χ4v) is 3.00. The molecule has 1 saturated heterocycles. The van der Waals surface area contributed by atoms with E-state index in [-0.39, 0.29) is 36.4 Å². The summed E-state index contributed by atoms with van der Waals surface area (Å²) in [7, 11) is 5.46. The molecule has 0 aliphatic carbocycles. The van der Waals surface area contributed by atoms with Gasteiger partial charge in [-0.2, -0.15) is 16.9 Å². The summed E-state index contributed by atoms with van der Waals surface area (Å²) in [6, 6.07) is 0. The van der Waals surface area contributed by atoms with Crippen LogP contribution in [0.3, 0.4) is 0 Å². The lowest BCUT2D eigenvalue weighted by molar-refractivity contribution is -0.127. The topological polar surface area (TPSA) is 65.8 Å². The van der Waals surface area contributed by atoms with Crippen molar-refractivity contribution in [1.82, 2.24) is 24.9 Å². The largest absolute Gasteiger partial charge is 0.355 e. The Kier molecular flexibility index (Phi) is 9.62. The average Bonchev–Trinajstić information content (AvgIpc) is 3.19. The molecule has 1 aromatic rings. The maximum atomic E-state index is 11.8. The first-order valence-electron chi connectivity index (χ1n) is 8.22. The van der Waals surface area contributed by atoms with Crippen molar-refractivity contribution in [3.8, 4) is 0 Å². The highest BCUT2D eigenvalue weighted by molar-refractivity contribution is 14.0. The van der Waals surface area contributed by atoms with Gasteiger partial charge in [0.25, 0.3) is 0 Å². The van der Waals surface area contributed by atoms with E-state index in [0.717, 1.165) is 37.8 Å². The smallest absolute Gasteiger partial charge is 0.243 e. The van der Waals surface area contributed by atoms with E-state index in [9.17, 15) is 4.79 Å². The van der Waals surface area contributed by atoms with E-state index in [1.807, 2.05) is 17.9 Å². The summed E-state index contributed by atoms with van der Waals surface area (Å²) in [5.41, 5.74) is 1.27. The van der Waals surface area contributed by atoms with Crippen LogP contribution < -0.4 is 5.32 Å². The number of likely N-dealkylation sites (tertiary alicyclic amines) is 1. The second-order valence-electron chi connectivity index (χ2n) is 6.23. The molecule has 7 nitrogen and oxygen atoms in total. The quantitative estimate of drug-likeness (QED) is 0.287. The first-order chi connectivity index (χ1) is 11.5. The number of carbonyl (C=O) groups is 1. The molecule has 2 heterocycles. The maximum absolute atomic E-state index is 11.8. The lowest BCUT2D eigenvalue weighted by Gasteiger charge is -2.22. The van der Waals surface area contributed by atoms with Gasteiger partial charge in [-0.05, 0) is 18.2 Å². The summed E-state index contributed by atoms with van der Waals surface area (Å²) in [4.78, 5) is 20.2. The molecule has 1 fully saturated rings. The number of nitrogens with one attached hydrogen (secondary N) is 1. The Morgan fingerprint density at radius 3 is 2.88 bits per heavy atom. The van der Waals surface area contributed by atoms with Gasteiger partial charge in [-0.1, -0.05) is 0 Å². The van der Waals surface area contributed by atoms with Gasteiger partial charge in [0.2, 0.25) is 5.91 Å². The van der Waals surface area contributed by atoms with Crippen LogP contribution in [0.15, 0.2) is 17.4 Å².